The molecule has 1 heteroatoms. The quantitative estimate of drug-likeness (QED) is 0.637. The molecule has 0 saturated heterocycles. The van der Waals surface area contributed by atoms with Crippen molar-refractivity contribution in [1.82, 2.24) is 0 Å². The van der Waals surface area contributed by atoms with Crippen molar-refractivity contribution < 1.29 is 0 Å². The minimum absolute atomic E-state index is 1.14. The molecule has 3 aromatic carbocycles. The summed E-state index contributed by atoms with van der Waals surface area (Å²) in [4.78, 5) is 0. The summed E-state index contributed by atoms with van der Waals surface area (Å²) < 4.78 is 4.37. The summed E-state index contributed by atoms with van der Waals surface area (Å²) >= 11 is -1.55. The standard InChI is InChI=1S/C21H19As/c1-17(2)20-15-9-10-16-21(20)22(18-11-5-3-6-12-18)19-13-7-4-8-14-19/h3-16H,1H2,2H3. The van der Waals surface area contributed by atoms with Gasteiger partial charge in [0.25, 0.3) is 0 Å². The van der Waals surface area contributed by atoms with Crippen LogP contribution in [0.15, 0.2) is 91.5 Å². The summed E-state index contributed by atoms with van der Waals surface area (Å²) in [5.74, 6) is 0. The maximum atomic E-state index is 4.18. The zero-order valence-electron chi connectivity index (χ0n) is 12.7. The van der Waals surface area contributed by atoms with E-state index in [2.05, 4.69) is 98.4 Å². The van der Waals surface area contributed by atoms with Gasteiger partial charge in [-0.25, -0.2) is 0 Å². The van der Waals surface area contributed by atoms with Crippen molar-refractivity contribution in [3.8, 4) is 0 Å². The summed E-state index contributed by atoms with van der Waals surface area (Å²) in [6.45, 7) is 6.28. The zero-order valence-corrected chi connectivity index (χ0v) is 14.6. The molecule has 108 valence electrons. The van der Waals surface area contributed by atoms with Gasteiger partial charge in [-0.2, -0.15) is 0 Å². The number of benzene rings is 3. The average molecular weight is 346 g/mol. The molecule has 0 bridgehead atoms. The van der Waals surface area contributed by atoms with Gasteiger partial charge in [-0.3, -0.25) is 0 Å². The monoisotopic (exact) mass is 346 g/mol. The fourth-order valence-electron chi connectivity index (χ4n) is 2.61. The summed E-state index contributed by atoms with van der Waals surface area (Å²) in [6, 6.07) is 30.5. The normalized spacial score (nSPS) is 10.6. The van der Waals surface area contributed by atoms with Gasteiger partial charge in [0, 0.05) is 0 Å². The molecule has 0 saturated carbocycles. The third-order valence-electron chi connectivity index (χ3n) is 3.63. The molecule has 0 aliphatic heterocycles. The zero-order chi connectivity index (χ0) is 15.4. The van der Waals surface area contributed by atoms with Crippen molar-refractivity contribution in [2.75, 3.05) is 0 Å². The van der Waals surface area contributed by atoms with Crippen LogP contribution in [-0.4, -0.2) is 14.7 Å². The Hall–Kier alpha value is -2.04. The van der Waals surface area contributed by atoms with Gasteiger partial charge in [-0.1, -0.05) is 0 Å². The van der Waals surface area contributed by atoms with Crippen LogP contribution in [-0.2, 0) is 0 Å². The minimum atomic E-state index is -1.55. The van der Waals surface area contributed by atoms with E-state index in [1.807, 2.05) is 0 Å². The molecule has 3 aromatic rings. The second-order valence-electron chi connectivity index (χ2n) is 5.30. The number of hydrogen-bond acceptors (Lipinski definition) is 0. The Morgan fingerprint density at radius 2 is 1.14 bits per heavy atom. The van der Waals surface area contributed by atoms with Crippen LogP contribution >= 0.6 is 0 Å². The molecule has 22 heavy (non-hydrogen) atoms. The third kappa shape index (κ3) is 3.08. The second kappa shape index (κ2) is 6.81. The van der Waals surface area contributed by atoms with Crippen molar-refractivity contribution in [3.63, 3.8) is 0 Å². The van der Waals surface area contributed by atoms with Crippen LogP contribution in [0.3, 0.4) is 0 Å². The van der Waals surface area contributed by atoms with Crippen LogP contribution in [0.1, 0.15) is 12.5 Å². The van der Waals surface area contributed by atoms with Crippen LogP contribution in [0.25, 0.3) is 5.57 Å². The predicted molar refractivity (Wildman–Crippen MR) is 98.7 cm³/mol. The van der Waals surface area contributed by atoms with Crippen molar-refractivity contribution in [3.05, 3.63) is 97.1 Å². The van der Waals surface area contributed by atoms with E-state index in [1.165, 1.54) is 18.6 Å². The van der Waals surface area contributed by atoms with Crippen molar-refractivity contribution in [2.24, 2.45) is 0 Å². The van der Waals surface area contributed by atoms with Gasteiger partial charge in [0.2, 0.25) is 0 Å². The molecule has 0 nitrogen and oxygen atoms in total. The van der Waals surface area contributed by atoms with E-state index >= 15 is 0 Å². The molecule has 0 aliphatic carbocycles. The summed E-state index contributed by atoms with van der Waals surface area (Å²) in [5.41, 5.74) is 2.44. The van der Waals surface area contributed by atoms with Gasteiger partial charge in [0.1, 0.15) is 0 Å². The molecule has 0 unspecified atom stereocenters. The Balaban J connectivity index is 2.21. The van der Waals surface area contributed by atoms with Crippen LogP contribution in [0, 0.1) is 0 Å². The van der Waals surface area contributed by atoms with Crippen molar-refractivity contribution in [1.29, 1.82) is 0 Å². The van der Waals surface area contributed by atoms with Gasteiger partial charge >= 0.3 is 137 Å². The van der Waals surface area contributed by atoms with E-state index in [1.54, 1.807) is 0 Å². The molecule has 0 radical (unpaired) electrons. The number of allylic oxidation sites excluding steroid dienone is 1. The van der Waals surface area contributed by atoms with Crippen molar-refractivity contribution in [2.45, 2.75) is 6.92 Å². The van der Waals surface area contributed by atoms with Crippen LogP contribution in [0.5, 0.6) is 0 Å². The topological polar surface area (TPSA) is 0 Å². The first-order valence-electron chi connectivity index (χ1n) is 7.42. The first kappa shape index (κ1) is 14.9. The van der Waals surface area contributed by atoms with Crippen LogP contribution in [0.2, 0.25) is 0 Å². The van der Waals surface area contributed by atoms with Crippen LogP contribution < -0.4 is 13.1 Å². The van der Waals surface area contributed by atoms with Gasteiger partial charge in [-0.05, 0) is 0 Å². The molecule has 0 atom stereocenters. The van der Waals surface area contributed by atoms with Gasteiger partial charge in [-0.15, -0.1) is 0 Å². The van der Waals surface area contributed by atoms with Gasteiger partial charge in [0.15, 0.2) is 0 Å². The molecule has 0 aliphatic rings. The molecule has 0 heterocycles. The summed E-state index contributed by atoms with van der Waals surface area (Å²) in [7, 11) is 0. The Morgan fingerprint density at radius 1 is 0.682 bits per heavy atom. The third-order valence-corrected chi connectivity index (χ3v) is 8.88. The molecule has 0 aromatic heterocycles. The van der Waals surface area contributed by atoms with Crippen LogP contribution in [0.4, 0.5) is 0 Å². The van der Waals surface area contributed by atoms with E-state index in [0.717, 1.165) is 5.57 Å². The van der Waals surface area contributed by atoms with E-state index < -0.39 is 14.7 Å². The van der Waals surface area contributed by atoms with Gasteiger partial charge < -0.3 is 0 Å². The first-order chi connectivity index (χ1) is 10.8. The Labute approximate surface area is 137 Å². The summed E-state index contributed by atoms with van der Waals surface area (Å²) in [6.07, 6.45) is 0. The summed E-state index contributed by atoms with van der Waals surface area (Å²) in [5, 5.41) is 0. The Kier molecular flexibility index (Phi) is 4.61. The fraction of sp³-hybridized carbons (Fsp3) is 0.0476. The van der Waals surface area contributed by atoms with E-state index in [-0.39, 0.29) is 0 Å². The molecule has 0 spiro atoms. The molecular formula is C21H19As. The van der Waals surface area contributed by atoms with E-state index in [0.29, 0.717) is 0 Å². The number of hydrogen-bond donors (Lipinski definition) is 0. The first-order valence-corrected chi connectivity index (χ1v) is 10.2. The molecule has 0 amide bonds. The Morgan fingerprint density at radius 3 is 1.64 bits per heavy atom. The van der Waals surface area contributed by atoms with Gasteiger partial charge in [0.05, 0.1) is 0 Å². The predicted octanol–water partition coefficient (Wildman–Crippen LogP) is 3.24. The number of rotatable bonds is 4. The van der Waals surface area contributed by atoms with E-state index in [9.17, 15) is 0 Å². The molecule has 0 fully saturated rings. The second-order valence-corrected chi connectivity index (χ2v) is 9.89. The average Bonchev–Trinajstić information content (AvgIpc) is 2.57. The fourth-order valence-corrected chi connectivity index (χ4v) is 7.93. The molecule has 0 N–H and O–H groups in total. The molecule has 3 rings (SSSR count). The maximum absolute atomic E-state index is 4.18. The molecular weight excluding hydrogens is 327 g/mol. The Bertz CT molecular complexity index is 721. The SMILES string of the molecule is C=C(C)c1ccccc1[As](c1ccccc1)c1ccccc1. The van der Waals surface area contributed by atoms with Crippen molar-refractivity contribution >= 4 is 33.3 Å². The van der Waals surface area contributed by atoms with E-state index in [4.69, 9.17) is 0 Å².